The van der Waals surface area contributed by atoms with Crippen molar-refractivity contribution in [1.29, 1.82) is 0 Å². The van der Waals surface area contributed by atoms with Gasteiger partial charge in [0.25, 0.3) is 0 Å². The van der Waals surface area contributed by atoms with Crippen LogP contribution < -0.4 is 10.5 Å². The Morgan fingerprint density at radius 3 is 2.67 bits per heavy atom. The van der Waals surface area contributed by atoms with Crippen LogP contribution in [0, 0.1) is 0 Å². The van der Waals surface area contributed by atoms with E-state index in [2.05, 4.69) is 9.84 Å². The van der Waals surface area contributed by atoms with Gasteiger partial charge in [-0.05, 0) is 37.6 Å². The van der Waals surface area contributed by atoms with Gasteiger partial charge in [0.15, 0.2) is 0 Å². The second kappa shape index (κ2) is 6.67. The molecule has 1 aromatic heterocycles. The maximum Gasteiger partial charge on any atom is 0.387 e. The van der Waals surface area contributed by atoms with E-state index < -0.39 is 6.61 Å². The number of rotatable bonds is 6. The molecule has 2 rings (SSSR count). The largest absolute Gasteiger partial charge is 0.435 e. The maximum atomic E-state index is 12.2. The van der Waals surface area contributed by atoms with Gasteiger partial charge in [0.05, 0.1) is 5.69 Å². The standard InChI is InChI=1S/C15H19F2N3O/c1-10(2)20-7-6-12(19-20)9-14(18)11-4-3-5-13(8-11)21-15(16)17/h3-8,10,14-15H,9,18H2,1-2H3. The number of hydrogen-bond acceptors (Lipinski definition) is 3. The summed E-state index contributed by atoms with van der Waals surface area (Å²) in [6, 6.07) is 8.35. The first-order chi connectivity index (χ1) is 9.95. The Kier molecular flexibility index (Phi) is 4.90. The quantitative estimate of drug-likeness (QED) is 0.889. The molecule has 0 aliphatic rings. The number of ether oxygens (including phenoxy) is 1. The van der Waals surface area contributed by atoms with Crippen molar-refractivity contribution in [3.63, 3.8) is 0 Å². The van der Waals surface area contributed by atoms with Gasteiger partial charge in [0.1, 0.15) is 5.75 Å². The van der Waals surface area contributed by atoms with Gasteiger partial charge in [-0.3, -0.25) is 4.68 Å². The SMILES string of the molecule is CC(C)n1ccc(CC(N)c2cccc(OC(F)F)c2)n1. The van der Waals surface area contributed by atoms with Crippen LogP contribution in [0.5, 0.6) is 5.75 Å². The number of nitrogens with two attached hydrogens (primary N) is 1. The Bertz CT molecular complexity index is 584. The van der Waals surface area contributed by atoms with E-state index in [1.165, 1.54) is 12.1 Å². The Hall–Kier alpha value is -1.95. The third kappa shape index (κ3) is 4.26. The molecule has 0 aliphatic carbocycles. The van der Waals surface area contributed by atoms with Gasteiger partial charge >= 0.3 is 6.61 Å². The first-order valence-electron chi connectivity index (χ1n) is 6.80. The highest BCUT2D eigenvalue weighted by Gasteiger charge is 2.12. The molecular formula is C15H19F2N3O. The van der Waals surface area contributed by atoms with Crippen LogP contribution in [-0.4, -0.2) is 16.4 Å². The van der Waals surface area contributed by atoms with Crippen LogP contribution in [0.3, 0.4) is 0 Å². The highest BCUT2D eigenvalue weighted by atomic mass is 19.3. The lowest BCUT2D eigenvalue weighted by atomic mass is 10.0. The van der Waals surface area contributed by atoms with Crippen LogP contribution in [0.4, 0.5) is 8.78 Å². The third-order valence-corrected chi connectivity index (χ3v) is 3.13. The van der Waals surface area contributed by atoms with Gasteiger partial charge in [-0.2, -0.15) is 13.9 Å². The van der Waals surface area contributed by atoms with Crippen molar-refractivity contribution < 1.29 is 13.5 Å². The summed E-state index contributed by atoms with van der Waals surface area (Å²) in [5.41, 5.74) is 7.73. The number of benzene rings is 1. The van der Waals surface area contributed by atoms with Crippen LogP contribution in [0.25, 0.3) is 0 Å². The molecule has 0 aliphatic heterocycles. The molecule has 0 radical (unpaired) electrons. The molecular weight excluding hydrogens is 276 g/mol. The third-order valence-electron chi connectivity index (χ3n) is 3.13. The van der Waals surface area contributed by atoms with Crippen molar-refractivity contribution in [2.45, 2.75) is 39.0 Å². The number of halogens is 2. The van der Waals surface area contributed by atoms with Crippen molar-refractivity contribution in [1.82, 2.24) is 9.78 Å². The summed E-state index contributed by atoms with van der Waals surface area (Å²) in [4.78, 5) is 0. The Morgan fingerprint density at radius 1 is 1.29 bits per heavy atom. The fourth-order valence-electron chi connectivity index (χ4n) is 2.04. The number of alkyl halides is 2. The van der Waals surface area contributed by atoms with Crippen LogP contribution in [0.1, 0.15) is 37.2 Å². The smallest absolute Gasteiger partial charge is 0.387 e. The minimum Gasteiger partial charge on any atom is -0.435 e. The zero-order valence-electron chi connectivity index (χ0n) is 12.0. The average Bonchev–Trinajstić information content (AvgIpc) is 2.87. The normalized spacial score (nSPS) is 12.9. The van der Waals surface area contributed by atoms with Crippen molar-refractivity contribution in [2.24, 2.45) is 5.73 Å². The molecule has 0 bridgehead atoms. The number of aromatic nitrogens is 2. The lowest BCUT2D eigenvalue weighted by Crippen LogP contribution is -2.14. The zero-order chi connectivity index (χ0) is 15.4. The summed E-state index contributed by atoms with van der Waals surface area (Å²) in [5, 5.41) is 4.43. The van der Waals surface area contributed by atoms with Crippen molar-refractivity contribution in [3.05, 3.63) is 47.8 Å². The molecule has 114 valence electrons. The topological polar surface area (TPSA) is 53.1 Å². The van der Waals surface area contributed by atoms with E-state index in [1.54, 1.807) is 12.1 Å². The number of nitrogens with zero attached hydrogens (tertiary/aromatic N) is 2. The average molecular weight is 295 g/mol. The molecule has 0 fully saturated rings. The summed E-state index contributed by atoms with van der Waals surface area (Å²) in [5.74, 6) is 0.116. The molecule has 0 saturated carbocycles. The van der Waals surface area contributed by atoms with Crippen LogP contribution in [-0.2, 0) is 6.42 Å². The van der Waals surface area contributed by atoms with Gasteiger partial charge in [0.2, 0.25) is 0 Å². The van der Waals surface area contributed by atoms with Crippen LogP contribution >= 0.6 is 0 Å². The highest BCUT2D eigenvalue weighted by Crippen LogP contribution is 2.22. The molecule has 0 saturated heterocycles. The molecule has 0 spiro atoms. The zero-order valence-corrected chi connectivity index (χ0v) is 12.0. The van der Waals surface area contributed by atoms with Gasteiger partial charge in [0, 0.05) is 24.7 Å². The fraction of sp³-hybridized carbons (Fsp3) is 0.400. The highest BCUT2D eigenvalue weighted by molar-refractivity contribution is 5.31. The predicted octanol–water partition coefficient (Wildman–Crippen LogP) is 3.31. The lowest BCUT2D eigenvalue weighted by Gasteiger charge is -2.12. The molecule has 4 nitrogen and oxygen atoms in total. The minimum absolute atomic E-state index is 0.116. The summed E-state index contributed by atoms with van der Waals surface area (Å²) in [6.45, 7) is 1.25. The lowest BCUT2D eigenvalue weighted by molar-refractivity contribution is -0.0499. The molecule has 21 heavy (non-hydrogen) atoms. The van der Waals surface area contributed by atoms with Gasteiger partial charge < -0.3 is 10.5 Å². The van der Waals surface area contributed by atoms with E-state index in [0.717, 1.165) is 11.3 Å². The summed E-state index contributed by atoms with van der Waals surface area (Å²) >= 11 is 0. The van der Waals surface area contributed by atoms with Gasteiger partial charge in [-0.1, -0.05) is 12.1 Å². The Morgan fingerprint density at radius 2 is 2.05 bits per heavy atom. The van der Waals surface area contributed by atoms with E-state index >= 15 is 0 Å². The monoisotopic (exact) mass is 295 g/mol. The van der Waals surface area contributed by atoms with E-state index in [0.29, 0.717) is 6.42 Å². The Labute approximate surface area is 122 Å². The molecule has 6 heteroatoms. The molecule has 0 amide bonds. The first-order valence-corrected chi connectivity index (χ1v) is 6.80. The van der Waals surface area contributed by atoms with E-state index in [9.17, 15) is 8.78 Å². The molecule has 1 aromatic carbocycles. The van der Waals surface area contributed by atoms with E-state index in [4.69, 9.17) is 5.73 Å². The fourth-order valence-corrected chi connectivity index (χ4v) is 2.04. The van der Waals surface area contributed by atoms with E-state index in [-0.39, 0.29) is 17.8 Å². The summed E-state index contributed by atoms with van der Waals surface area (Å²) in [7, 11) is 0. The molecule has 1 unspecified atom stereocenters. The molecule has 2 N–H and O–H groups in total. The second-order valence-corrected chi connectivity index (χ2v) is 5.14. The van der Waals surface area contributed by atoms with Crippen LogP contribution in [0.15, 0.2) is 36.5 Å². The van der Waals surface area contributed by atoms with E-state index in [1.807, 2.05) is 30.8 Å². The van der Waals surface area contributed by atoms with Gasteiger partial charge in [-0.15, -0.1) is 0 Å². The predicted molar refractivity (Wildman–Crippen MR) is 76.3 cm³/mol. The van der Waals surface area contributed by atoms with Crippen molar-refractivity contribution in [3.8, 4) is 5.75 Å². The number of hydrogen-bond donors (Lipinski definition) is 1. The Balaban J connectivity index is 2.06. The second-order valence-electron chi connectivity index (χ2n) is 5.14. The molecule has 1 atom stereocenters. The van der Waals surface area contributed by atoms with Crippen molar-refractivity contribution >= 4 is 0 Å². The first kappa shape index (κ1) is 15.4. The minimum atomic E-state index is -2.83. The van der Waals surface area contributed by atoms with Crippen molar-refractivity contribution in [2.75, 3.05) is 0 Å². The van der Waals surface area contributed by atoms with Gasteiger partial charge in [-0.25, -0.2) is 0 Å². The molecule has 2 aromatic rings. The molecule has 1 heterocycles. The van der Waals surface area contributed by atoms with Crippen LogP contribution in [0.2, 0.25) is 0 Å². The summed E-state index contributed by atoms with van der Waals surface area (Å²) < 4.78 is 30.7. The maximum absolute atomic E-state index is 12.2. The summed E-state index contributed by atoms with van der Waals surface area (Å²) in [6.07, 6.45) is 2.45.